The molecule has 0 radical (unpaired) electrons. The van der Waals surface area contributed by atoms with E-state index in [4.69, 9.17) is 14.7 Å². The summed E-state index contributed by atoms with van der Waals surface area (Å²) in [5, 5.41) is 14.8. The molecule has 1 aromatic carbocycles. The van der Waals surface area contributed by atoms with E-state index in [1.165, 1.54) is 7.11 Å². The summed E-state index contributed by atoms with van der Waals surface area (Å²) < 4.78 is 10.5. The summed E-state index contributed by atoms with van der Waals surface area (Å²) in [6.45, 7) is 1.98. The number of ether oxygens (including phenoxy) is 2. The number of benzene rings is 1. The van der Waals surface area contributed by atoms with Crippen molar-refractivity contribution in [1.82, 2.24) is 5.32 Å². The van der Waals surface area contributed by atoms with Crippen molar-refractivity contribution in [2.24, 2.45) is 0 Å². The molecule has 1 aromatic rings. The highest BCUT2D eigenvalue weighted by Crippen LogP contribution is 2.25. The minimum Gasteiger partial charge on any atom is -0.495 e. The maximum absolute atomic E-state index is 12.0. The third kappa shape index (κ3) is 3.70. The van der Waals surface area contributed by atoms with E-state index in [1.807, 2.05) is 6.07 Å². The van der Waals surface area contributed by atoms with E-state index >= 15 is 0 Å². The van der Waals surface area contributed by atoms with Crippen LogP contribution in [0, 0.1) is 11.3 Å². The van der Waals surface area contributed by atoms with E-state index in [0.29, 0.717) is 36.6 Å². The Morgan fingerprint density at radius 2 is 2.50 bits per heavy atom. The second-order valence-electron chi connectivity index (χ2n) is 4.51. The highest BCUT2D eigenvalue weighted by molar-refractivity contribution is 5.92. The molecule has 2 N–H and O–H groups in total. The molecule has 6 nitrogen and oxygen atoms in total. The third-order valence-corrected chi connectivity index (χ3v) is 3.03. The lowest BCUT2D eigenvalue weighted by atomic mass is 10.1. The Kier molecular flexibility index (Phi) is 4.93. The molecule has 1 aliphatic rings. The van der Waals surface area contributed by atoms with Crippen molar-refractivity contribution in [3.8, 4) is 11.8 Å². The van der Waals surface area contributed by atoms with Crippen molar-refractivity contribution < 1.29 is 14.3 Å². The first-order chi connectivity index (χ1) is 9.72. The number of carbonyl (C=O) groups excluding carboxylic acids is 1. The highest BCUT2D eigenvalue weighted by Gasteiger charge is 2.17. The van der Waals surface area contributed by atoms with Crippen molar-refractivity contribution in [2.45, 2.75) is 12.5 Å². The number of anilines is 1. The molecule has 106 valence electrons. The molecule has 1 atom stereocenters. The molecule has 20 heavy (non-hydrogen) atoms. The molecule has 0 saturated carbocycles. The van der Waals surface area contributed by atoms with Gasteiger partial charge in [0.05, 0.1) is 37.6 Å². The van der Waals surface area contributed by atoms with Gasteiger partial charge in [-0.1, -0.05) is 0 Å². The number of morpholine rings is 1. The van der Waals surface area contributed by atoms with Crippen LogP contribution in [0.1, 0.15) is 12.0 Å². The zero-order valence-electron chi connectivity index (χ0n) is 11.3. The molecule has 0 aromatic heterocycles. The maximum Gasteiger partial charge on any atom is 0.226 e. The van der Waals surface area contributed by atoms with Crippen LogP contribution in [0.15, 0.2) is 18.2 Å². The Hall–Kier alpha value is -2.10. The smallest absolute Gasteiger partial charge is 0.226 e. The zero-order chi connectivity index (χ0) is 14.4. The van der Waals surface area contributed by atoms with Crippen LogP contribution in [-0.2, 0) is 9.53 Å². The quantitative estimate of drug-likeness (QED) is 0.852. The lowest BCUT2D eigenvalue weighted by Gasteiger charge is -2.23. The molecule has 0 spiro atoms. The van der Waals surface area contributed by atoms with Gasteiger partial charge >= 0.3 is 0 Å². The summed E-state index contributed by atoms with van der Waals surface area (Å²) in [4.78, 5) is 12.0. The van der Waals surface area contributed by atoms with Gasteiger partial charge in [-0.25, -0.2) is 0 Å². The van der Waals surface area contributed by atoms with Crippen molar-refractivity contribution in [1.29, 1.82) is 5.26 Å². The minimum atomic E-state index is -0.115. The summed E-state index contributed by atoms with van der Waals surface area (Å²) >= 11 is 0. The number of hydrogen-bond donors (Lipinski definition) is 2. The van der Waals surface area contributed by atoms with E-state index in [-0.39, 0.29) is 11.9 Å². The van der Waals surface area contributed by atoms with E-state index in [1.54, 1.807) is 18.2 Å². The van der Waals surface area contributed by atoms with E-state index in [0.717, 1.165) is 6.54 Å². The number of methoxy groups -OCH3 is 1. The molecule has 1 unspecified atom stereocenters. The van der Waals surface area contributed by atoms with Gasteiger partial charge in [-0.15, -0.1) is 0 Å². The van der Waals surface area contributed by atoms with Gasteiger partial charge in [0.2, 0.25) is 5.91 Å². The van der Waals surface area contributed by atoms with Gasteiger partial charge < -0.3 is 20.1 Å². The van der Waals surface area contributed by atoms with Crippen LogP contribution >= 0.6 is 0 Å². The van der Waals surface area contributed by atoms with Gasteiger partial charge in [-0.05, 0) is 12.1 Å². The molecule has 0 aliphatic carbocycles. The topological polar surface area (TPSA) is 83.4 Å². The number of nitrogens with zero attached hydrogens (tertiary/aromatic N) is 1. The SMILES string of the molecule is COc1cc(C#N)ccc1NC(=O)CC1COCCN1. The molecule has 1 saturated heterocycles. The number of carbonyl (C=O) groups is 1. The standard InChI is InChI=1S/C14H17N3O3/c1-19-13-6-10(8-15)2-3-12(13)17-14(18)7-11-9-20-5-4-16-11/h2-3,6,11,16H,4-5,7,9H2,1H3,(H,17,18). The van der Waals surface area contributed by atoms with Gasteiger partial charge in [0.15, 0.2) is 0 Å². The molecule has 1 heterocycles. The van der Waals surface area contributed by atoms with Crippen molar-refractivity contribution in [3.63, 3.8) is 0 Å². The number of hydrogen-bond acceptors (Lipinski definition) is 5. The molecule has 1 amide bonds. The lowest BCUT2D eigenvalue weighted by Crippen LogP contribution is -2.43. The maximum atomic E-state index is 12.0. The largest absolute Gasteiger partial charge is 0.495 e. The first-order valence-corrected chi connectivity index (χ1v) is 6.42. The summed E-state index contributed by atoms with van der Waals surface area (Å²) in [6, 6.07) is 6.96. The van der Waals surface area contributed by atoms with Crippen molar-refractivity contribution >= 4 is 11.6 Å². The molecular weight excluding hydrogens is 258 g/mol. The van der Waals surface area contributed by atoms with Crippen LogP contribution < -0.4 is 15.4 Å². The molecule has 1 aliphatic heterocycles. The summed E-state index contributed by atoms with van der Waals surface area (Å²) in [5.74, 6) is 0.362. The van der Waals surface area contributed by atoms with Crippen LogP contribution in [0.2, 0.25) is 0 Å². The van der Waals surface area contributed by atoms with Gasteiger partial charge in [-0.3, -0.25) is 4.79 Å². The lowest BCUT2D eigenvalue weighted by molar-refractivity contribution is -0.117. The summed E-state index contributed by atoms with van der Waals surface area (Å²) in [7, 11) is 1.50. The van der Waals surface area contributed by atoms with Crippen LogP contribution in [0.25, 0.3) is 0 Å². The Bertz CT molecular complexity index is 519. The van der Waals surface area contributed by atoms with Crippen molar-refractivity contribution in [3.05, 3.63) is 23.8 Å². The first kappa shape index (κ1) is 14.3. The summed E-state index contributed by atoms with van der Waals surface area (Å²) in [6.07, 6.45) is 0.336. The Morgan fingerprint density at radius 1 is 1.65 bits per heavy atom. The van der Waals surface area contributed by atoms with Crippen molar-refractivity contribution in [2.75, 3.05) is 32.2 Å². The molecule has 6 heteroatoms. The Labute approximate surface area is 117 Å². The third-order valence-electron chi connectivity index (χ3n) is 3.03. The fourth-order valence-corrected chi connectivity index (χ4v) is 2.04. The Balaban J connectivity index is 1.98. The fraction of sp³-hybridized carbons (Fsp3) is 0.429. The number of nitriles is 1. The van der Waals surface area contributed by atoms with Crippen LogP contribution in [0.3, 0.4) is 0 Å². The average molecular weight is 275 g/mol. The van der Waals surface area contributed by atoms with Gasteiger partial charge in [-0.2, -0.15) is 5.26 Å². The van der Waals surface area contributed by atoms with Gasteiger partial charge in [0.1, 0.15) is 5.75 Å². The van der Waals surface area contributed by atoms with E-state index in [2.05, 4.69) is 10.6 Å². The summed E-state index contributed by atoms with van der Waals surface area (Å²) in [5.41, 5.74) is 1.05. The van der Waals surface area contributed by atoms with E-state index < -0.39 is 0 Å². The normalized spacial score (nSPS) is 18.1. The molecule has 2 rings (SSSR count). The fourth-order valence-electron chi connectivity index (χ4n) is 2.04. The van der Waals surface area contributed by atoms with Crippen LogP contribution in [0.4, 0.5) is 5.69 Å². The number of rotatable bonds is 4. The number of nitrogens with one attached hydrogen (secondary N) is 2. The molecule has 0 bridgehead atoms. The van der Waals surface area contributed by atoms with E-state index in [9.17, 15) is 4.79 Å². The number of amides is 1. The highest BCUT2D eigenvalue weighted by atomic mass is 16.5. The van der Waals surface area contributed by atoms with Gasteiger partial charge in [0, 0.05) is 25.1 Å². The molecular formula is C14H17N3O3. The van der Waals surface area contributed by atoms with Crippen LogP contribution in [-0.4, -0.2) is 38.8 Å². The zero-order valence-corrected chi connectivity index (χ0v) is 11.3. The monoisotopic (exact) mass is 275 g/mol. The second-order valence-corrected chi connectivity index (χ2v) is 4.51. The second kappa shape index (κ2) is 6.89. The first-order valence-electron chi connectivity index (χ1n) is 6.42. The minimum absolute atomic E-state index is 0.0353. The Morgan fingerprint density at radius 3 is 3.15 bits per heavy atom. The predicted molar refractivity (Wildman–Crippen MR) is 73.6 cm³/mol. The molecule has 1 fully saturated rings. The predicted octanol–water partition coefficient (Wildman–Crippen LogP) is 0.884. The van der Waals surface area contributed by atoms with Crippen LogP contribution in [0.5, 0.6) is 5.75 Å². The van der Waals surface area contributed by atoms with Gasteiger partial charge in [0.25, 0.3) is 0 Å². The average Bonchev–Trinajstić information content (AvgIpc) is 2.48.